The van der Waals surface area contributed by atoms with Crippen LogP contribution in [0.3, 0.4) is 0 Å². The van der Waals surface area contributed by atoms with Gasteiger partial charge in [-0.05, 0) is 32.1 Å². The van der Waals surface area contributed by atoms with Crippen molar-refractivity contribution in [3.05, 3.63) is 12.2 Å². The Hall–Kier alpha value is -1.40. The molecule has 0 saturated heterocycles. The normalized spacial score (nSPS) is 12.6. The molecule has 0 heterocycles. The molecule has 0 spiro atoms. The Labute approximate surface area is 419 Å². The highest BCUT2D eigenvalue weighted by atomic mass is 16.5. The van der Waals surface area contributed by atoms with Crippen LogP contribution in [0.5, 0.6) is 0 Å². The molecular weight excluding hydrogens is 827 g/mol. The van der Waals surface area contributed by atoms with Gasteiger partial charge in [-0.25, -0.2) is 0 Å². The summed E-state index contributed by atoms with van der Waals surface area (Å²) in [6.07, 6.45) is 68.5. The zero-order valence-corrected chi connectivity index (χ0v) is 45.4. The second-order valence-corrected chi connectivity index (χ2v) is 21.0. The third-order valence-corrected chi connectivity index (χ3v) is 14.3. The molecule has 0 fully saturated rings. The van der Waals surface area contributed by atoms with Crippen LogP contribution in [0.1, 0.15) is 341 Å². The Morgan fingerprint density at radius 1 is 0.403 bits per heavy atom. The predicted octanol–water partition coefficient (Wildman–Crippen LogP) is 18.9. The monoisotopic (exact) mass is 946 g/mol. The summed E-state index contributed by atoms with van der Waals surface area (Å²) in [5.74, 6) is -0.0458. The van der Waals surface area contributed by atoms with Crippen molar-refractivity contribution in [2.45, 2.75) is 353 Å². The quantitative estimate of drug-likeness (QED) is 0.0321. The fourth-order valence-corrected chi connectivity index (χ4v) is 9.64. The number of carbonyl (C=O) groups excluding carboxylic acids is 2. The van der Waals surface area contributed by atoms with Crippen LogP contribution in [0.15, 0.2) is 12.2 Å². The van der Waals surface area contributed by atoms with Crippen LogP contribution >= 0.6 is 0 Å². The molecule has 0 rings (SSSR count). The lowest BCUT2D eigenvalue weighted by atomic mass is 10.0. The largest absolute Gasteiger partial charge is 0.466 e. The van der Waals surface area contributed by atoms with Crippen LogP contribution in [0, 0.1) is 0 Å². The average Bonchev–Trinajstić information content (AvgIpc) is 3.33. The number of esters is 1. The van der Waals surface area contributed by atoms with Gasteiger partial charge in [0.25, 0.3) is 0 Å². The van der Waals surface area contributed by atoms with Crippen molar-refractivity contribution in [2.75, 3.05) is 13.2 Å². The first-order valence-electron chi connectivity index (χ1n) is 30.5. The number of rotatable bonds is 57. The number of aliphatic hydroxyl groups is 2. The highest BCUT2D eigenvalue weighted by Crippen LogP contribution is 2.18. The number of carbonyl (C=O) groups is 2. The van der Waals surface area contributed by atoms with Crippen LogP contribution in [-0.2, 0) is 14.3 Å². The molecule has 0 saturated carbocycles. The average molecular weight is 947 g/mol. The molecule has 0 radical (unpaired) electrons. The second-order valence-electron chi connectivity index (χ2n) is 21.0. The van der Waals surface area contributed by atoms with E-state index in [1.165, 1.54) is 276 Å². The third kappa shape index (κ3) is 53.8. The molecule has 0 aliphatic heterocycles. The zero-order valence-electron chi connectivity index (χ0n) is 45.4. The lowest BCUT2D eigenvalue weighted by Crippen LogP contribution is -2.45. The van der Waals surface area contributed by atoms with E-state index in [9.17, 15) is 19.8 Å². The Morgan fingerprint density at radius 2 is 0.687 bits per heavy atom. The van der Waals surface area contributed by atoms with Crippen molar-refractivity contribution in [3.8, 4) is 0 Å². The summed E-state index contributed by atoms with van der Waals surface area (Å²) >= 11 is 0. The van der Waals surface area contributed by atoms with Crippen molar-refractivity contribution in [1.29, 1.82) is 0 Å². The van der Waals surface area contributed by atoms with E-state index in [1.807, 2.05) is 6.08 Å². The van der Waals surface area contributed by atoms with Crippen molar-refractivity contribution >= 4 is 11.9 Å². The highest BCUT2D eigenvalue weighted by molar-refractivity contribution is 5.76. The van der Waals surface area contributed by atoms with Crippen LogP contribution in [0.25, 0.3) is 0 Å². The number of unbranched alkanes of at least 4 members (excludes halogenated alkanes) is 46. The maximum atomic E-state index is 12.4. The number of amides is 1. The molecule has 0 aromatic heterocycles. The standard InChI is InChI=1S/C61H119NO5/c1-3-5-7-9-11-13-14-35-39-43-47-51-55-61(66)67-56-52-48-44-40-36-33-31-29-27-25-23-21-19-17-15-16-18-20-22-24-26-28-30-32-34-38-42-46-50-54-60(65)62-58(57-63)59(64)53-49-45-41-37-12-10-8-6-4-2/h49,53,58-59,63-64H,3-48,50-52,54-57H2,1-2H3,(H,62,65)/b53-49+. The van der Waals surface area contributed by atoms with Crippen LogP contribution in [0.2, 0.25) is 0 Å². The predicted molar refractivity (Wildman–Crippen MR) is 292 cm³/mol. The summed E-state index contributed by atoms with van der Waals surface area (Å²) in [5.41, 5.74) is 0. The van der Waals surface area contributed by atoms with Crippen LogP contribution in [-0.4, -0.2) is 47.4 Å². The lowest BCUT2D eigenvalue weighted by molar-refractivity contribution is -0.143. The van der Waals surface area contributed by atoms with Crippen LogP contribution < -0.4 is 5.32 Å². The lowest BCUT2D eigenvalue weighted by Gasteiger charge is -2.20. The van der Waals surface area contributed by atoms with Crippen molar-refractivity contribution in [3.63, 3.8) is 0 Å². The molecule has 1 amide bonds. The molecule has 0 bridgehead atoms. The van der Waals surface area contributed by atoms with E-state index >= 15 is 0 Å². The maximum Gasteiger partial charge on any atom is 0.305 e. The molecule has 6 heteroatoms. The Balaban J connectivity index is 3.31. The Bertz CT molecular complexity index is 1000. The Morgan fingerprint density at radius 3 is 1.01 bits per heavy atom. The van der Waals surface area contributed by atoms with Gasteiger partial charge < -0.3 is 20.3 Å². The smallest absolute Gasteiger partial charge is 0.305 e. The van der Waals surface area contributed by atoms with E-state index in [1.54, 1.807) is 6.08 Å². The fourth-order valence-electron chi connectivity index (χ4n) is 9.64. The van der Waals surface area contributed by atoms with Gasteiger partial charge in [0.1, 0.15) is 0 Å². The number of hydrogen-bond donors (Lipinski definition) is 3. The Kier molecular flexibility index (Phi) is 56.0. The number of hydrogen-bond acceptors (Lipinski definition) is 5. The molecule has 2 unspecified atom stereocenters. The topological polar surface area (TPSA) is 95.9 Å². The second kappa shape index (κ2) is 57.2. The van der Waals surface area contributed by atoms with E-state index in [0.29, 0.717) is 19.4 Å². The van der Waals surface area contributed by atoms with Gasteiger partial charge in [0, 0.05) is 12.8 Å². The number of aliphatic hydroxyl groups excluding tert-OH is 2. The maximum absolute atomic E-state index is 12.4. The molecule has 0 aliphatic rings. The zero-order chi connectivity index (χ0) is 48.6. The minimum atomic E-state index is -0.838. The van der Waals surface area contributed by atoms with E-state index in [4.69, 9.17) is 4.74 Å². The van der Waals surface area contributed by atoms with Gasteiger partial charge >= 0.3 is 5.97 Å². The molecule has 67 heavy (non-hydrogen) atoms. The summed E-state index contributed by atoms with van der Waals surface area (Å²) in [6.45, 7) is 4.90. The van der Waals surface area contributed by atoms with Gasteiger partial charge in [-0.15, -0.1) is 0 Å². The van der Waals surface area contributed by atoms with Gasteiger partial charge in [-0.2, -0.15) is 0 Å². The van der Waals surface area contributed by atoms with E-state index < -0.39 is 12.1 Å². The third-order valence-electron chi connectivity index (χ3n) is 14.3. The van der Waals surface area contributed by atoms with Crippen molar-refractivity contribution < 1.29 is 24.5 Å². The minimum Gasteiger partial charge on any atom is -0.466 e. The molecular formula is C61H119NO5. The summed E-state index contributed by atoms with van der Waals surface area (Å²) in [5, 5.41) is 22.9. The summed E-state index contributed by atoms with van der Waals surface area (Å²) in [4.78, 5) is 24.4. The van der Waals surface area contributed by atoms with E-state index in [-0.39, 0.29) is 18.5 Å². The van der Waals surface area contributed by atoms with Crippen LogP contribution in [0.4, 0.5) is 0 Å². The molecule has 0 aromatic carbocycles. The van der Waals surface area contributed by atoms with Crippen molar-refractivity contribution in [2.24, 2.45) is 0 Å². The number of nitrogens with one attached hydrogen (secondary N) is 1. The fraction of sp³-hybridized carbons (Fsp3) is 0.934. The van der Waals surface area contributed by atoms with E-state index in [0.717, 1.165) is 38.5 Å². The number of ether oxygens (including phenoxy) is 1. The SMILES string of the molecule is CCCCCCCCC/C=C/C(O)C(CO)NC(=O)CCCCCCCCCCCCCCCCCCCCCCCCCCCCCCCOC(=O)CCCCCCCCCCCCCC. The van der Waals surface area contributed by atoms with Gasteiger partial charge in [-0.3, -0.25) is 9.59 Å². The van der Waals surface area contributed by atoms with Gasteiger partial charge in [0.05, 0.1) is 25.4 Å². The summed E-state index contributed by atoms with van der Waals surface area (Å²) in [6, 6.07) is -0.622. The van der Waals surface area contributed by atoms with Gasteiger partial charge in [0.2, 0.25) is 5.91 Å². The van der Waals surface area contributed by atoms with Crippen molar-refractivity contribution in [1.82, 2.24) is 5.32 Å². The first kappa shape index (κ1) is 65.6. The van der Waals surface area contributed by atoms with Gasteiger partial charge in [0.15, 0.2) is 0 Å². The molecule has 6 nitrogen and oxygen atoms in total. The molecule has 398 valence electrons. The highest BCUT2D eigenvalue weighted by Gasteiger charge is 2.18. The summed E-state index contributed by atoms with van der Waals surface area (Å²) in [7, 11) is 0. The first-order valence-corrected chi connectivity index (χ1v) is 30.5. The number of allylic oxidation sites excluding steroid dienone is 1. The summed E-state index contributed by atoms with van der Waals surface area (Å²) < 4.78 is 5.48. The molecule has 2 atom stereocenters. The minimum absolute atomic E-state index is 0.0201. The first-order chi connectivity index (χ1) is 33.0. The molecule has 0 aliphatic carbocycles. The molecule has 0 aromatic rings. The van der Waals surface area contributed by atoms with Gasteiger partial charge in [-0.1, -0.05) is 309 Å². The van der Waals surface area contributed by atoms with E-state index in [2.05, 4.69) is 19.2 Å². The molecule has 3 N–H and O–H groups in total.